The lowest BCUT2D eigenvalue weighted by Crippen LogP contribution is -2.13. The number of nitrogens with one attached hydrogen (secondary N) is 2. The molecular formula is C17H23N3O3. The Kier molecular flexibility index (Phi) is 4.02. The molecule has 0 radical (unpaired) electrons. The molecule has 124 valence electrons. The SMILES string of the molecule is Cc1oc(C(C)(C)C)cc1C(=O)Nc1cc(C2CCCO2)[nH]n1. The molecule has 0 spiro atoms. The van der Waals surface area contributed by atoms with E-state index in [9.17, 15) is 4.79 Å². The van der Waals surface area contributed by atoms with E-state index < -0.39 is 0 Å². The number of hydrogen-bond acceptors (Lipinski definition) is 4. The van der Waals surface area contributed by atoms with Gasteiger partial charge in [0.2, 0.25) is 0 Å². The number of carbonyl (C=O) groups excluding carboxylic acids is 1. The second kappa shape index (κ2) is 5.85. The molecule has 2 aromatic rings. The molecule has 3 heterocycles. The van der Waals surface area contributed by atoms with E-state index in [2.05, 4.69) is 36.3 Å². The van der Waals surface area contributed by atoms with Gasteiger partial charge in [0.1, 0.15) is 11.5 Å². The fourth-order valence-electron chi connectivity index (χ4n) is 2.65. The third-order valence-electron chi connectivity index (χ3n) is 4.02. The van der Waals surface area contributed by atoms with Gasteiger partial charge in [0.25, 0.3) is 5.91 Å². The Hall–Kier alpha value is -2.08. The first-order valence-electron chi connectivity index (χ1n) is 7.94. The summed E-state index contributed by atoms with van der Waals surface area (Å²) in [6.07, 6.45) is 2.08. The first-order chi connectivity index (χ1) is 10.8. The molecule has 3 rings (SSSR count). The van der Waals surface area contributed by atoms with E-state index in [1.54, 1.807) is 13.0 Å². The molecule has 1 aliphatic heterocycles. The van der Waals surface area contributed by atoms with E-state index in [0.29, 0.717) is 17.1 Å². The Morgan fingerprint density at radius 3 is 2.78 bits per heavy atom. The van der Waals surface area contributed by atoms with Crippen molar-refractivity contribution in [3.63, 3.8) is 0 Å². The molecule has 0 aromatic carbocycles. The van der Waals surface area contributed by atoms with Gasteiger partial charge in [-0.05, 0) is 25.8 Å². The number of carbonyl (C=O) groups is 1. The number of aromatic nitrogens is 2. The average molecular weight is 317 g/mol. The van der Waals surface area contributed by atoms with Crippen LogP contribution in [0.5, 0.6) is 0 Å². The highest BCUT2D eigenvalue weighted by atomic mass is 16.5. The number of hydrogen-bond donors (Lipinski definition) is 2. The molecule has 1 unspecified atom stereocenters. The second-order valence-corrected chi connectivity index (χ2v) is 6.99. The lowest BCUT2D eigenvalue weighted by Gasteiger charge is -2.13. The van der Waals surface area contributed by atoms with Crippen molar-refractivity contribution in [1.29, 1.82) is 0 Å². The molecule has 23 heavy (non-hydrogen) atoms. The molecule has 1 fully saturated rings. The van der Waals surface area contributed by atoms with Crippen LogP contribution in [0, 0.1) is 6.92 Å². The molecule has 0 aliphatic carbocycles. The predicted octanol–water partition coefficient (Wildman–Crippen LogP) is 3.71. The second-order valence-electron chi connectivity index (χ2n) is 6.99. The number of rotatable bonds is 3. The van der Waals surface area contributed by atoms with Crippen LogP contribution < -0.4 is 5.32 Å². The number of aromatic amines is 1. The van der Waals surface area contributed by atoms with E-state index >= 15 is 0 Å². The van der Waals surface area contributed by atoms with Crippen LogP contribution in [0.15, 0.2) is 16.5 Å². The number of furan rings is 1. The van der Waals surface area contributed by atoms with Gasteiger partial charge in [-0.2, -0.15) is 5.10 Å². The summed E-state index contributed by atoms with van der Waals surface area (Å²) < 4.78 is 11.3. The number of anilines is 1. The van der Waals surface area contributed by atoms with Crippen LogP contribution in [0.25, 0.3) is 0 Å². The molecule has 6 heteroatoms. The van der Waals surface area contributed by atoms with Crippen molar-refractivity contribution in [2.75, 3.05) is 11.9 Å². The van der Waals surface area contributed by atoms with Crippen molar-refractivity contribution in [3.8, 4) is 0 Å². The lowest BCUT2D eigenvalue weighted by atomic mass is 9.93. The molecule has 1 amide bonds. The van der Waals surface area contributed by atoms with Crippen LogP contribution in [-0.2, 0) is 10.2 Å². The van der Waals surface area contributed by atoms with Crippen LogP contribution in [0.2, 0.25) is 0 Å². The van der Waals surface area contributed by atoms with Crippen LogP contribution in [0.3, 0.4) is 0 Å². The Bertz CT molecular complexity index is 703. The summed E-state index contributed by atoms with van der Waals surface area (Å²) in [5.74, 6) is 1.69. The molecular weight excluding hydrogens is 294 g/mol. The highest BCUT2D eigenvalue weighted by Crippen LogP contribution is 2.29. The van der Waals surface area contributed by atoms with Gasteiger partial charge in [-0.25, -0.2) is 0 Å². The van der Waals surface area contributed by atoms with E-state index in [1.165, 1.54) is 0 Å². The normalized spacial score (nSPS) is 18.3. The molecule has 2 N–H and O–H groups in total. The summed E-state index contributed by atoms with van der Waals surface area (Å²) >= 11 is 0. The van der Waals surface area contributed by atoms with Gasteiger partial charge in [-0.15, -0.1) is 0 Å². The fourth-order valence-corrected chi connectivity index (χ4v) is 2.65. The largest absolute Gasteiger partial charge is 0.465 e. The minimum atomic E-state index is -0.216. The van der Waals surface area contributed by atoms with Crippen molar-refractivity contribution in [2.24, 2.45) is 0 Å². The van der Waals surface area contributed by atoms with E-state index in [-0.39, 0.29) is 17.4 Å². The summed E-state index contributed by atoms with van der Waals surface area (Å²) in [5, 5.41) is 9.89. The minimum Gasteiger partial charge on any atom is -0.465 e. The van der Waals surface area contributed by atoms with Crippen LogP contribution >= 0.6 is 0 Å². The van der Waals surface area contributed by atoms with Gasteiger partial charge < -0.3 is 14.5 Å². The Morgan fingerprint density at radius 1 is 1.39 bits per heavy atom. The summed E-state index contributed by atoms with van der Waals surface area (Å²) in [7, 11) is 0. The Morgan fingerprint density at radius 2 is 2.17 bits per heavy atom. The molecule has 1 atom stereocenters. The van der Waals surface area contributed by atoms with Crippen molar-refractivity contribution >= 4 is 11.7 Å². The van der Waals surface area contributed by atoms with Crippen molar-refractivity contribution in [3.05, 3.63) is 34.9 Å². The highest BCUT2D eigenvalue weighted by molar-refractivity contribution is 6.04. The number of ether oxygens (including phenoxy) is 1. The van der Waals surface area contributed by atoms with Crippen molar-refractivity contribution < 1.29 is 13.9 Å². The monoisotopic (exact) mass is 317 g/mol. The summed E-state index contributed by atoms with van der Waals surface area (Å²) in [4.78, 5) is 12.4. The zero-order chi connectivity index (χ0) is 16.6. The van der Waals surface area contributed by atoms with Crippen LogP contribution in [0.1, 0.15) is 67.3 Å². The molecule has 0 saturated carbocycles. The molecule has 0 bridgehead atoms. The van der Waals surface area contributed by atoms with Gasteiger partial charge in [-0.1, -0.05) is 20.8 Å². The van der Waals surface area contributed by atoms with E-state index in [1.807, 2.05) is 6.07 Å². The Balaban J connectivity index is 1.73. The molecule has 2 aromatic heterocycles. The maximum absolute atomic E-state index is 12.4. The predicted molar refractivity (Wildman–Crippen MR) is 86.6 cm³/mol. The zero-order valence-electron chi connectivity index (χ0n) is 14.0. The quantitative estimate of drug-likeness (QED) is 0.904. The first kappa shape index (κ1) is 15.8. The van der Waals surface area contributed by atoms with Crippen LogP contribution in [-0.4, -0.2) is 22.7 Å². The van der Waals surface area contributed by atoms with Gasteiger partial charge in [-0.3, -0.25) is 9.89 Å². The van der Waals surface area contributed by atoms with Gasteiger partial charge in [0, 0.05) is 18.1 Å². The summed E-state index contributed by atoms with van der Waals surface area (Å²) in [6, 6.07) is 3.63. The fraction of sp³-hybridized carbons (Fsp3) is 0.529. The molecule has 1 saturated heterocycles. The minimum absolute atomic E-state index is 0.0521. The Labute approximate surface area is 135 Å². The third kappa shape index (κ3) is 3.32. The number of aryl methyl sites for hydroxylation is 1. The highest BCUT2D eigenvalue weighted by Gasteiger charge is 2.24. The topological polar surface area (TPSA) is 80.1 Å². The van der Waals surface area contributed by atoms with E-state index in [0.717, 1.165) is 30.9 Å². The molecule has 6 nitrogen and oxygen atoms in total. The molecule has 1 aliphatic rings. The summed E-state index contributed by atoms with van der Waals surface area (Å²) in [5.41, 5.74) is 1.30. The third-order valence-corrected chi connectivity index (χ3v) is 4.02. The van der Waals surface area contributed by atoms with Gasteiger partial charge >= 0.3 is 0 Å². The smallest absolute Gasteiger partial charge is 0.260 e. The number of nitrogens with zero attached hydrogens (tertiary/aromatic N) is 1. The maximum atomic E-state index is 12.4. The van der Waals surface area contributed by atoms with Crippen molar-refractivity contribution in [2.45, 2.75) is 52.1 Å². The number of H-pyrrole nitrogens is 1. The van der Waals surface area contributed by atoms with Gasteiger partial charge in [0.15, 0.2) is 5.82 Å². The number of amides is 1. The van der Waals surface area contributed by atoms with Crippen molar-refractivity contribution in [1.82, 2.24) is 10.2 Å². The average Bonchev–Trinajstić information content (AvgIpc) is 3.15. The zero-order valence-corrected chi connectivity index (χ0v) is 14.0. The summed E-state index contributed by atoms with van der Waals surface area (Å²) in [6.45, 7) is 8.72. The van der Waals surface area contributed by atoms with Crippen LogP contribution in [0.4, 0.5) is 5.82 Å². The standard InChI is InChI=1S/C17H23N3O3/c1-10-11(8-14(23-10)17(2,3)4)16(21)18-15-9-12(19-20-15)13-6-5-7-22-13/h8-9,13H,5-7H2,1-4H3,(H2,18,19,20,21). The maximum Gasteiger partial charge on any atom is 0.260 e. The lowest BCUT2D eigenvalue weighted by molar-refractivity contribution is 0.102. The van der Waals surface area contributed by atoms with E-state index in [4.69, 9.17) is 9.15 Å². The first-order valence-corrected chi connectivity index (χ1v) is 7.94. The van der Waals surface area contributed by atoms with Gasteiger partial charge in [0.05, 0.1) is 17.4 Å².